The largest absolute Gasteiger partial charge is 0.486 e. The van der Waals surface area contributed by atoms with E-state index >= 15 is 0 Å². The number of likely N-dealkylation sites (tertiary alicyclic amines) is 1. The number of hydrogen-bond acceptors (Lipinski definition) is 5. The van der Waals surface area contributed by atoms with Gasteiger partial charge in [-0.25, -0.2) is 0 Å². The van der Waals surface area contributed by atoms with Gasteiger partial charge < -0.3 is 14.2 Å². The van der Waals surface area contributed by atoms with Crippen molar-refractivity contribution in [1.82, 2.24) is 15.0 Å². The van der Waals surface area contributed by atoms with E-state index in [4.69, 9.17) is 9.26 Å². The highest BCUT2D eigenvalue weighted by atomic mass is 16.5. The number of carbonyl (C=O) groups is 1. The highest BCUT2D eigenvalue weighted by Gasteiger charge is 2.30. The van der Waals surface area contributed by atoms with Crippen molar-refractivity contribution < 1.29 is 14.1 Å². The average Bonchev–Trinajstić information content (AvgIpc) is 3.32. The minimum Gasteiger partial charge on any atom is -0.486 e. The monoisotopic (exact) mass is 417 g/mol. The Bertz CT molecular complexity index is 1050. The summed E-state index contributed by atoms with van der Waals surface area (Å²) in [6.07, 6.45) is 11.4. The smallest absolute Gasteiger partial charge is 0.276 e. The van der Waals surface area contributed by atoms with Gasteiger partial charge in [0.25, 0.3) is 5.91 Å². The first kappa shape index (κ1) is 19.8. The number of fused-ring (bicyclic) bond motifs is 1. The maximum Gasteiger partial charge on any atom is 0.276 e. The highest BCUT2D eigenvalue weighted by molar-refractivity contribution is 5.92. The Labute approximate surface area is 182 Å². The summed E-state index contributed by atoms with van der Waals surface area (Å²) in [5, 5.41) is 4.04. The summed E-state index contributed by atoms with van der Waals surface area (Å²) in [7, 11) is 0. The van der Waals surface area contributed by atoms with E-state index in [0.717, 1.165) is 43.4 Å². The van der Waals surface area contributed by atoms with Crippen LogP contribution in [0.2, 0.25) is 0 Å². The fourth-order valence-electron chi connectivity index (χ4n) is 4.68. The summed E-state index contributed by atoms with van der Waals surface area (Å²) < 4.78 is 11.3. The van der Waals surface area contributed by atoms with Gasteiger partial charge in [-0.3, -0.25) is 9.78 Å². The molecule has 1 aromatic carbocycles. The molecule has 31 heavy (non-hydrogen) atoms. The third-order valence-corrected chi connectivity index (χ3v) is 6.31. The number of nitrogens with zero attached hydrogens (tertiary/aromatic N) is 3. The zero-order chi connectivity index (χ0) is 21.0. The second-order valence-electron chi connectivity index (χ2n) is 8.40. The van der Waals surface area contributed by atoms with Gasteiger partial charge in [-0.2, -0.15) is 0 Å². The second-order valence-corrected chi connectivity index (χ2v) is 8.40. The first-order chi connectivity index (χ1) is 15.3. The van der Waals surface area contributed by atoms with Crippen molar-refractivity contribution >= 4 is 5.91 Å². The third kappa shape index (κ3) is 4.33. The molecule has 0 bridgehead atoms. The lowest BCUT2D eigenvalue weighted by Crippen LogP contribution is -2.38. The molecule has 3 heterocycles. The van der Waals surface area contributed by atoms with Gasteiger partial charge in [0.1, 0.15) is 12.4 Å². The molecule has 3 aromatic rings. The van der Waals surface area contributed by atoms with E-state index in [9.17, 15) is 4.79 Å². The molecule has 1 aliphatic carbocycles. The van der Waals surface area contributed by atoms with Gasteiger partial charge >= 0.3 is 0 Å². The Morgan fingerprint density at radius 3 is 2.87 bits per heavy atom. The second kappa shape index (κ2) is 8.92. The number of piperidine rings is 1. The highest BCUT2D eigenvalue weighted by Crippen LogP contribution is 2.32. The van der Waals surface area contributed by atoms with Crippen molar-refractivity contribution in [1.29, 1.82) is 0 Å². The van der Waals surface area contributed by atoms with Gasteiger partial charge in [0.15, 0.2) is 11.5 Å². The Morgan fingerprint density at radius 2 is 2.00 bits per heavy atom. The van der Waals surface area contributed by atoms with Gasteiger partial charge in [0.05, 0.1) is 6.04 Å². The molecule has 1 amide bonds. The van der Waals surface area contributed by atoms with Crippen LogP contribution >= 0.6 is 0 Å². The molecule has 1 aliphatic heterocycles. The summed E-state index contributed by atoms with van der Waals surface area (Å²) in [6, 6.07) is 12.0. The number of ether oxygens (including phenoxy) is 1. The number of aryl methyl sites for hydroxylation is 2. The summed E-state index contributed by atoms with van der Waals surface area (Å²) in [6.45, 7) is 0.970. The number of aromatic nitrogens is 2. The topological polar surface area (TPSA) is 68.5 Å². The Balaban J connectivity index is 1.26. The number of rotatable bonds is 5. The lowest BCUT2D eigenvalue weighted by Gasteiger charge is -2.35. The van der Waals surface area contributed by atoms with Crippen LogP contribution in [0.1, 0.15) is 71.1 Å². The maximum absolute atomic E-state index is 13.2. The Kier molecular flexibility index (Phi) is 5.69. The molecular formula is C25H27N3O3. The summed E-state index contributed by atoms with van der Waals surface area (Å²) in [4.78, 5) is 19.3. The first-order valence-corrected chi connectivity index (χ1v) is 11.2. The minimum absolute atomic E-state index is 0.0295. The fourth-order valence-corrected chi connectivity index (χ4v) is 4.68. The van der Waals surface area contributed by atoms with Crippen molar-refractivity contribution in [2.45, 2.75) is 57.6 Å². The summed E-state index contributed by atoms with van der Waals surface area (Å²) >= 11 is 0. The predicted molar refractivity (Wildman–Crippen MR) is 116 cm³/mol. The molecule has 0 saturated carbocycles. The SMILES string of the molecule is O=C(c1cc(COc2ccc3c(c2)CCCC3)on1)N1CCCCC1c1cccnc1. The van der Waals surface area contributed by atoms with Crippen LogP contribution < -0.4 is 4.74 Å². The van der Waals surface area contributed by atoms with E-state index in [-0.39, 0.29) is 18.6 Å². The van der Waals surface area contributed by atoms with Crippen LogP contribution in [0, 0.1) is 0 Å². The molecule has 2 aromatic heterocycles. The number of benzene rings is 1. The van der Waals surface area contributed by atoms with Crippen LogP contribution in [0.15, 0.2) is 53.3 Å². The van der Waals surface area contributed by atoms with E-state index in [1.54, 1.807) is 12.3 Å². The number of amides is 1. The van der Waals surface area contributed by atoms with Crippen LogP contribution in [-0.4, -0.2) is 27.5 Å². The molecule has 1 saturated heterocycles. The molecule has 5 rings (SSSR count). The molecule has 1 atom stereocenters. The number of carbonyl (C=O) groups excluding carboxylic acids is 1. The Hall–Kier alpha value is -3.15. The molecule has 0 N–H and O–H groups in total. The average molecular weight is 418 g/mol. The van der Waals surface area contributed by atoms with Crippen LogP contribution in [0.25, 0.3) is 0 Å². The molecule has 2 aliphatic rings. The van der Waals surface area contributed by atoms with Crippen molar-refractivity contribution in [2.75, 3.05) is 6.54 Å². The zero-order valence-electron chi connectivity index (χ0n) is 17.6. The molecule has 1 unspecified atom stereocenters. The standard InChI is InChI=1S/C25H27N3O3/c29-25(28-13-4-3-9-24(28)20-8-5-12-26-16-20)23-15-22(31-27-23)17-30-21-11-10-18-6-1-2-7-19(18)14-21/h5,8,10-12,14-16,24H,1-4,6-7,9,13,17H2. The van der Waals surface area contributed by atoms with Gasteiger partial charge in [0.2, 0.25) is 0 Å². The summed E-state index contributed by atoms with van der Waals surface area (Å²) in [5.74, 6) is 1.28. The van der Waals surface area contributed by atoms with E-state index in [0.29, 0.717) is 18.0 Å². The number of hydrogen-bond donors (Lipinski definition) is 0. The maximum atomic E-state index is 13.2. The first-order valence-electron chi connectivity index (χ1n) is 11.2. The predicted octanol–water partition coefficient (Wildman–Crippen LogP) is 4.89. The van der Waals surface area contributed by atoms with E-state index in [1.165, 1.54) is 24.0 Å². The van der Waals surface area contributed by atoms with Gasteiger partial charge in [-0.15, -0.1) is 0 Å². The van der Waals surface area contributed by atoms with Crippen molar-refractivity contribution in [3.8, 4) is 5.75 Å². The molecule has 6 heteroatoms. The van der Waals surface area contributed by atoms with Gasteiger partial charge in [0, 0.05) is 25.0 Å². The van der Waals surface area contributed by atoms with Crippen molar-refractivity contribution in [3.05, 3.63) is 76.9 Å². The van der Waals surface area contributed by atoms with Crippen LogP contribution in [-0.2, 0) is 19.4 Å². The van der Waals surface area contributed by atoms with Crippen molar-refractivity contribution in [3.63, 3.8) is 0 Å². The van der Waals surface area contributed by atoms with E-state index in [2.05, 4.69) is 22.3 Å². The number of pyridine rings is 1. The molecular weight excluding hydrogens is 390 g/mol. The quantitative estimate of drug-likeness (QED) is 0.591. The van der Waals surface area contributed by atoms with Gasteiger partial charge in [-0.05, 0) is 79.8 Å². The molecule has 6 nitrogen and oxygen atoms in total. The van der Waals surface area contributed by atoms with Crippen LogP contribution in [0.3, 0.4) is 0 Å². The van der Waals surface area contributed by atoms with E-state index < -0.39 is 0 Å². The van der Waals surface area contributed by atoms with Crippen LogP contribution in [0.4, 0.5) is 0 Å². The molecule has 0 radical (unpaired) electrons. The lowest BCUT2D eigenvalue weighted by molar-refractivity contribution is 0.0600. The zero-order valence-corrected chi connectivity index (χ0v) is 17.6. The molecule has 1 fully saturated rings. The van der Waals surface area contributed by atoms with E-state index in [1.807, 2.05) is 29.3 Å². The molecule has 0 spiro atoms. The lowest BCUT2D eigenvalue weighted by atomic mass is 9.92. The van der Waals surface area contributed by atoms with Gasteiger partial charge in [-0.1, -0.05) is 17.3 Å². The normalized spacial score (nSPS) is 18.5. The Morgan fingerprint density at radius 1 is 1.10 bits per heavy atom. The van der Waals surface area contributed by atoms with Crippen molar-refractivity contribution in [2.24, 2.45) is 0 Å². The van der Waals surface area contributed by atoms with Crippen LogP contribution in [0.5, 0.6) is 5.75 Å². The summed E-state index contributed by atoms with van der Waals surface area (Å²) in [5.41, 5.74) is 4.20. The molecule has 160 valence electrons. The third-order valence-electron chi connectivity index (χ3n) is 6.31. The minimum atomic E-state index is -0.0997. The fraction of sp³-hybridized carbons (Fsp3) is 0.400.